The van der Waals surface area contributed by atoms with E-state index in [1.165, 1.54) is 6.07 Å². The number of likely N-dealkylation sites (tertiary alicyclic amines) is 1. The van der Waals surface area contributed by atoms with Gasteiger partial charge in [-0.3, -0.25) is 9.59 Å². The number of pyridine rings is 1. The van der Waals surface area contributed by atoms with Crippen molar-refractivity contribution in [2.45, 2.75) is 25.0 Å². The van der Waals surface area contributed by atoms with Crippen LogP contribution in [0.25, 0.3) is 10.9 Å². The molecule has 6 nitrogen and oxygen atoms in total. The molecule has 0 radical (unpaired) electrons. The van der Waals surface area contributed by atoms with Crippen LogP contribution >= 0.6 is 0 Å². The number of para-hydroxylation sites is 1. The highest BCUT2D eigenvalue weighted by atomic mass is 16.3. The number of carbonyl (C=O) groups is 1. The normalized spacial score (nSPS) is 29.7. The summed E-state index contributed by atoms with van der Waals surface area (Å²) in [7, 11) is 0. The van der Waals surface area contributed by atoms with Gasteiger partial charge in [0, 0.05) is 30.1 Å². The Bertz CT molecular complexity index is 828. The molecule has 1 aromatic heterocycles. The van der Waals surface area contributed by atoms with Crippen LogP contribution in [-0.4, -0.2) is 51.3 Å². The number of hydrogen-bond donors (Lipinski definition) is 3. The standard InChI is InChI=1S/C18H20N2O4/c21-15-7-14(19-13-4-2-1-3-12(13)15)18(24)20-8-10-5-16(22)17(23)6-11(10)9-20/h1-4,7,10-11,16-17,22-23H,5-6,8-9H2,(H,19,21)/t10-,11+,16-,17-/m1/s1. The Hall–Kier alpha value is -2.18. The number of rotatable bonds is 1. The van der Waals surface area contributed by atoms with Crippen LogP contribution in [0, 0.1) is 11.8 Å². The molecule has 1 saturated heterocycles. The number of nitrogens with zero attached hydrogens (tertiary/aromatic N) is 1. The lowest BCUT2D eigenvalue weighted by Crippen LogP contribution is -2.38. The molecule has 2 fully saturated rings. The Labute approximate surface area is 138 Å². The highest BCUT2D eigenvalue weighted by molar-refractivity contribution is 5.95. The lowest BCUT2D eigenvalue weighted by atomic mass is 9.79. The fourth-order valence-corrected chi connectivity index (χ4v) is 4.06. The van der Waals surface area contributed by atoms with Crippen LogP contribution in [0.3, 0.4) is 0 Å². The van der Waals surface area contributed by atoms with Gasteiger partial charge >= 0.3 is 0 Å². The average molecular weight is 328 g/mol. The van der Waals surface area contributed by atoms with Gasteiger partial charge in [-0.2, -0.15) is 0 Å². The topological polar surface area (TPSA) is 93.6 Å². The molecule has 2 aliphatic rings. The molecule has 3 N–H and O–H groups in total. The number of H-pyrrole nitrogens is 1. The second-order valence-corrected chi connectivity index (χ2v) is 6.93. The van der Waals surface area contributed by atoms with E-state index in [2.05, 4.69) is 4.98 Å². The number of aromatic nitrogens is 1. The van der Waals surface area contributed by atoms with Crippen molar-refractivity contribution in [1.29, 1.82) is 0 Å². The van der Waals surface area contributed by atoms with Gasteiger partial charge in [0.15, 0.2) is 5.43 Å². The van der Waals surface area contributed by atoms with E-state index in [0.29, 0.717) is 42.5 Å². The SMILES string of the molecule is O=C(c1cc(=O)c2ccccc2[nH]1)N1C[C@H]2C[C@@H](O)[C@H](O)C[C@H]2C1. The predicted octanol–water partition coefficient (Wildman–Crippen LogP) is 0.732. The largest absolute Gasteiger partial charge is 0.390 e. The summed E-state index contributed by atoms with van der Waals surface area (Å²) < 4.78 is 0. The summed E-state index contributed by atoms with van der Waals surface area (Å²) in [6.07, 6.45) is -0.378. The summed E-state index contributed by atoms with van der Waals surface area (Å²) in [6, 6.07) is 8.48. The van der Waals surface area contributed by atoms with E-state index in [-0.39, 0.29) is 23.2 Å². The first kappa shape index (κ1) is 15.4. The van der Waals surface area contributed by atoms with Crippen LogP contribution in [0.5, 0.6) is 0 Å². The molecule has 24 heavy (non-hydrogen) atoms. The summed E-state index contributed by atoms with van der Waals surface area (Å²) in [5, 5.41) is 20.2. The van der Waals surface area contributed by atoms with E-state index in [1.807, 2.05) is 6.07 Å². The number of aliphatic hydroxyl groups excluding tert-OH is 2. The van der Waals surface area contributed by atoms with Crippen molar-refractivity contribution in [3.63, 3.8) is 0 Å². The minimum atomic E-state index is -0.707. The van der Waals surface area contributed by atoms with E-state index in [1.54, 1.807) is 23.1 Å². The molecular weight excluding hydrogens is 308 g/mol. The minimum absolute atomic E-state index is 0.171. The third-order valence-electron chi connectivity index (χ3n) is 5.36. The maximum Gasteiger partial charge on any atom is 0.270 e. The molecular formula is C18H20N2O4. The van der Waals surface area contributed by atoms with Gasteiger partial charge in [0.2, 0.25) is 0 Å². The third kappa shape index (κ3) is 2.52. The second-order valence-electron chi connectivity index (χ2n) is 6.93. The molecule has 2 aromatic rings. The van der Waals surface area contributed by atoms with Gasteiger partial charge in [0.25, 0.3) is 5.91 Å². The van der Waals surface area contributed by atoms with Crippen LogP contribution in [0.2, 0.25) is 0 Å². The van der Waals surface area contributed by atoms with E-state index >= 15 is 0 Å². The Morgan fingerprint density at radius 2 is 1.71 bits per heavy atom. The quantitative estimate of drug-likeness (QED) is 0.719. The molecule has 1 aromatic carbocycles. The van der Waals surface area contributed by atoms with Crippen LogP contribution < -0.4 is 5.43 Å². The van der Waals surface area contributed by atoms with E-state index in [0.717, 1.165) is 0 Å². The lowest BCUT2D eigenvalue weighted by Gasteiger charge is -2.31. The van der Waals surface area contributed by atoms with E-state index < -0.39 is 12.2 Å². The maximum absolute atomic E-state index is 12.8. The zero-order valence-electron chi connectivity index (χ0n) is 13.2. The predicted molar refractivity (Wildman–Crippen MR) is 88.7 cm³/mol. The van der Waals surface area contributed by atoms with E-state index in [4.69, 9.17) is 0 Å². The number of aliphatic hydroxyl groups is 2. The monoisotopic (exact) mass is 328 g/mol. The Morgan fingerprint density at radius 1 is 1.08 bits per heavy atom. The molecule has 126 valence electrons. The number of nitrogens with one attached hydrogen (secondary N) is 1. The zero-order valence-corrected chi connectivity index (χ0v) is 13.2. The average Bonchev–Trinajstić information content (AvgIpc) is 2.97. The number of amides is 1. The summed E-state index contributed by atoms with van der Waals surface area (Å²) in [5.41, 5.74) is 0.768. The number of carbonyl (C=O) groups excluding carboxylic acids is 1. The summed E-state index contributed by atoms with van der Waals surface area (Å²) in [4.78, 5) is 29.8. The summed E-state index contributed by atoms with van der Waals surface area (Å²) >= 11 is 0. The van der Waals surface area contributed by atoms with Crippen molar-refractivity contribution in [3.8, 4) is 0 Å². The first-order valence-electron chi connectivity index (χ1n) is 8.30. The molecule has 4 rings (SSSR count). The first-order valence-corrected chi connectivity index (χ1v) is 8.30. The summed E-state index contributed by atoms with van der Waals surface area (Å²) in [5.74, 6) is 0.218. The van der Waals surface area contributed by atoms with Gasteiger partial charge in [-0.1, -0.05) is 12.1 Å². The first-order chi connectivity index (χ1) is 11.5. The van der Waals surface area contributed by atoms with Crippen molar-refractivity contribution in [3.05, 3.63) is 46.2 Å². The highest BCUT2D eigenvalue weighted by Crippen LogP contribution is 2.36. The van der Waals surface area contributed by atoms with E-state index in [9.17, 15) is 19.8 Å². The fourth-order valence-electron chi connectivity index (χ4n) is 4.06. The molecule has 0 bridgehead atoms. The van der Waals surface area contributed by atoms with Gasteiger partial charge in [-0.25, -0.2) is 0 Å². The van der Waals surface area contributed by atoms with Crippen LogP contribution in [0.1, 0.15) is 23.3 Å². The highest BCUT2D eigenvalue weighted by Gasteiger charge is 2.42. The molecule has 4 atom stereocenters. The van der Waals surface area contributed by atoms with Crippen LogP contribution in [0.15, 0.2) is 35.1 Å². The van der Waals surface area contributed by atoms with Gasteiger partial charge < -0.3 is 20.1 Å². The fraction of sp³-hybridized carbons (Fsp3) is 0.444. The molecule has 1 amide bonds. The van der Waals surface area contributed by atoms with Gasteiger partial charge in [-0.05, 0) is 36.8 Å². The molecule has 1 saturated carbocycles. The Kier molecular flexibility index (Phi) is 3.66. The molecule has 1 aliphatic carbocycles. The van der Waals surface area contributed by atoms with Crippen LogP contribution in [0.4, 0.5) is 0 Å². The van der Waals surface area contributed by atoms with Crippen molar-refractivity contribution in [2.24, 2.45) is 11.8 Å². The lowest BCUT2D eigenvalue weighted by molar-refractivity contribution is -0.0372. The molecule has 0 unspecified atom stereocenters. The van der Waals surface area contributed by atoms with Gasteiger partial charge in [-0.15, -0.1) is 0 Å². The van der Waals surface area contributed by atoms with Crippen molar-refractivity contribution < 1.29 is 15.0 Å². The van der Waals surface area contributed by atoms with Gasteiger partial charge in [0.1, 0.15) is 5.69 Å². The number of hydrogen-bond acceptors (Lipinski definition) is 4. The molecule has 2 heterocycles. The Morgan fingerprint density at radius 3 is 2.38 bits per heavy atom. The number of aromatic amines is 1. The minimum Gasteiger partial charge on any atom is -0.390 e. The van der Waals surface area contributed by atoms with Crippen molar-refractivity contribution in [2.75, 3.05) is 13.1 Å². The van der Waals surface area contributed by atoms with Crippen LogP contribution in [-0.2, 0) is 0 Å². The van der Waals surface area contributed by atoms with Crippen molar-refractivity contribution in [1.82, 2.24) is 9.88 Å². The Balaban J connectivity index is 1.60. The maximum atomic E-state index is 12.8. The zero-order chi connectivity index (χ0) is 16.8. The summed E-state index contributed by atoms with van der Waals surface area (Å²) in [6.45, 7) is 1.12. The van der Waals surface area contributed by atoms with Crippen molar-refractivity contribution >= 4 is 16.8 Å². The number of fused-ring (bicyclic) bond motifs is 2. The van der Waals surface area contributed by atoms with Gasteiger partial charge in [0.05, 0.1) is 12.2 Å². The number of benzene rings is 1. The smallest absolute Gasteiger partial charge is 0.270 e. The third-order valence-corrected chi connectivity index (χ3v) is 5.36. The molecule has 1 aliphatic heterocycles. The molecule has 0 spiro atoms. The second kappa shape index (κ2) is 5.72. The molecule has 6 heteroatoms.